The Morgan fingerprint density at radius 2 is 1.97 bits per heavy atom. The first-order valence-corrected chi connectivity index (χ1v) is 12.2. The summed E-state index contributed by atoms with van der Waals surface area (Å²) in [5.74, 6) is 1.08. The van der Waals surface area contributed by atoms with Crippen LogP contribution >= 0.6 is 15.9 Å². The van der Waals surface area contributed by atoms with Gasteiger partial charge < -0.3 is 9.64 Å². The van der Waals surface area contributed by atoms with E-state index in [4.69, 9.17) is 4.74 Å². The Morgan fingerprint density at radius 1 is 1.17 bits per heavy atom. The summed E-state index contributed by atoms with van der Waals surface area (Å²) in [4.78, 5) is 2.67. The largest absolute Gasteiger partial charge is 0.494 e. The number of rotatable bonds is 6. The first kappa shape index (κ1) is 20.4. The Morgan fingerprint density at radius 3 is 2.66 bits per heavy atom. The highest BCUT2D eigenvalue weighted by molar-refractivity contribution is 9.10. The normalized spacial score (nSPS) is 17.8. The molecule has 1 fully saturated rings. The van der Waals surface area contributed by atoms with Gasteiger partial charge in [-0.15, -0.1) is 0 Å². The molecule has 0 radical (unpaired) electrons. The second kappa shape index (κ2) is 8.13. The average molecular weight is 477 g/mol. The lowest BCUT2D eigenvalue weighted by molar-refractivity contribution is 0.340. The predicted octanol–water partition coefficient (Wildman–Crippen LogP) is 4.85. The maximum absolute atomic E-state index is 13.5. The fourth-order valence-corrected chi connectivity index (χ4v) is 6.46. The van der Waals surface area contributed by atoms with Crippen molar-refractivity contribution in [1.82, 2.24) is 8.87 Å². The number of aromatic nitrogens is 1. The van der Waals surface area contributed by atoms with Gasteiger partial charge in [-0.25, -0.2) is 12.4 Å². The van der Waals surface area contributed by atoms with Crippen LogP contribution in [0, 0.1) is 0 Å². The number of halogens is 1. The third kappa shape index (κ3) is 3.71. The van der Waals surface area contributed by atoms with E-state index < -0.39 is 10.0 Å². The molecule has 0 aliphatic carbocycles. The molecule has 1 aromatic heterocycles. The monoisotopic (exact) mass is 476 g/mol. The molecule has 7 heteroatoms. The first-order valence-electron chi connectivity index (χ1n) is 9.96. The highest BCUT2D eigenvalue weighted by Gasteiger charge is 2.29. The Balaban J connectivity index is 1.90. The van der Waals surface area contributed by atoms with Crippen LogP contribution in [0.25, 0.3) is 10.9 Å². The molecule has 1 saturated heterocycles. The Hall–Kier alpha value is -1.83. The van der Waals surface area contributed by atoms with E-state index in [1.54, 1.807) is 18.2 Å². The van der Waals surface area contributed by atoms with Crippen molar-refractivity contribution in [3.8, 4) is 5.75 Å². The molecule has 1 aliphatic heterocycles. The predicted molar refractivity (Wildman–Crippen MR) is 119 cm³/mol. The van der Waals surface area contributed by atoms with E-state index in [1.807, 2.05) is 37.4 Å². The topological polar surface area (TPSA) is 51.5 Å². The number of hydrogen-bond donors (Lipinski definition) is 0. The van der Waals surface area contributed by atoms with Crippen molar-refractivity contribution >= 4 is 36.9 Å². The highest BCUT2D eigenvalue weighted by Crippen LogP contribution is 2.37. The lowest BCUT2D eigenvalue weighted by atomic mass is 9.98. The second-order valence-electron chi connectivity index (χ2n) is 7.31. The number of likely N-dealkylation sites (tertiary alicyclic amines) is 1. The molecule has 4 rings (SSSR count). The van der Waals surface area contributed by atoms with E-state index in [0.29, 0.717) is 22.5 Å². The van der Waals surface area contributed by atoms with E-state index >= 15 is 0 Å². The van der Waals surface area contributed by atoms with E-state index in [2.05, 4.69) is 27.8 Å². The molecule has 0 saturated carbocycles. The van der Waals surface area contributed by atoms with E-state index in [0.717, 1.165) is 42.8 Å². The summed E-state index contributed by atoms with van der Waals surface area (Å²) in [6, 6.07) is 12.6. The molecule has 5 nitrogen and oxygen atoms in total. The van der Waals surface area contributed by atoms with Gasteiger partial charge in [0.15, 0.2) is 0 Å². The van der Waals surface area contributed by atoms with Crippen LogP contribution < -0.4 is 4.74 Å². The van der Waals surface area contributed by atoms with Crippen LogP contribution in [-0.2, 0) is 10.0 Å². The van der Waals surface area contributed by atoms with Gasteiger partial charge >= 0.3 is 0 Å². The summed E-state index contributed by atoms with van der Waals surface area (Å²) < 4.78 is 34.7. The number of likely N-dealkylation sites (N-methyl/N-ethyl adjacent to an activating group) is 1. The highest BCUT2D eigenvalue weighted by atomic mass is 79.9. The van der Waals surface area contributed by atoms with E-state index in [-0.39, 0.29) is 4.90 Å². The van der Waals surface area contributed by atoms with Gasteiger partial charge in [0.2, 0.25) is 0 Å². The maximum Gasteiger partial charge on any atom is 0.269 e. The zero-order valence-corrected chi connectivity index (χ0v) is 19.0. The Kier molecular flexibility index (Phi) is 5.73. The quantitative estimate of drug-likeness (QED) is 0.510. The molecule has 29 heavy (non-hydrogen) atoms. The van der Waals surface area contributed by atoms with Crippen LogP contribution in [0.4, 0.5) is 0 Å². The van der Waals surface area contributed by atoms with Gasteiger partial charge in [-0.05, 0) is 84.2 Å². The summed E-state index contributed by atoms with van der Waals surface area (Å²) in [5, 5.41) is 0.953. The zero-order chi connectivity index (χ0) is 20.6. The van der Waals surface area contributed by atoms with Crippen molar-refractivity contribution in [3.05, 3.63) is 58.7 Å². The van der Waals surface area contributed by atoms with Crippen LogP contribution in [-0.4, -0.2) is 43.5 Å². The van der Waals surface area contributed by atoms with Gasteiger partial charge in [-0.1, -0.05) is 19.1 Å². The molecule has 3 aromatic rings. The third-order valence-electron chi connectivity index (χ3n) is 5.62. The zero-order valence-electron chi connectivity index (χ0n) is 16.6. The lowest BCUT2D eigenvalue weighted by Gasteiger charge is -2.12. The number of benzene rings is 2. The third-order valence-corrected chi connectivity index (χ3v) is 8.30. The standard InChI is InChI=1S/C22H25BrN2O3S/c1-3-24-12-11-16(14-24)19-15-25(21-10-9-17(28-4-2)13-18(19)21)29(26,27)22-8-6-5-7-20(22)23/h5-10,13,15-16H,3-4,11-12,14H2,1-2H3/t16-/m1/s1. The number of nitrogens with zero attached hydrogens (tertiary/aromatic N) is 2. The van der Waals surface area contributed by atoms with Gasteiger partial charge in [-0.2, -0.15) is 0 Å². The SMILES string of the molecule is CCOc1ccc2c(c1)c([C@@H]1CCN(CC)C1)cn2S(=O)(=O)c1ccccc1Br. The van der Waals surface area contributed by atoms with Crippen molar-refractivity contribution in [2.24, 2.45) is 0 Å². The fourth-order valence-electron chi connectivity index (χ4n) is 4.12. The maximum atomic E-state index is 13.5. The smallest absolute Gasteiger partial charge is 0.269 e. The molecule has 0 spiro atoms. The van der Waals surface area contributed by atoms with Gasteiger partial charge in [-0.3, -0.25) is 0 Å². The molecule has 0 amide bonds. The Labute approximate surface area is 180 Å². The van der Waals surface area contributed by atoms with Crippen molar-refractivity contribution in [1.29, 1.82) is 0 Å². The molecule has 0 bridgehead atoms. The Bertz CT molecular complexity index is 1140. The van der Waals surface area contributed by atoms with Gasteiger partial charge in [0.25, 0.3) is 10.0 Å². The summed E-state index contributed by atoms with van der Waals surface area (Å²) in [6.45, 7) is 7.68. The summed E-state index contributed by atoms with van der Waals surface area (Å²) in [7, 11) is -3.73. The van der Waals surface area contributed by atoms with Crippen LogP contribution in [0.1, 0.15) is 31.7 Å². The summed E-state index contributed by atoms with van der Waals surface area (Å²) in [5.41, 5.74) is 1.77. The van der Waals surface area contributed by atoms with Crippen LogP contribution in [0.2, 0.25) is 0 Å². The van der Waals surface area contributed by atoms with Crippen LogP contribution in [0.15, 0.2) is 58.0 Å². The van der Waals surface area contributed by atoms with Crippen LogP contribution in [0.5, 0.6) is 5.75 Å². The van der Waals surface area contributed by atoms with Gasteiger partial charge in [0.1, 0.15) is 10.6 Å². The number of hydrogen-bond acceptors (Lipinski definition) is 4. The molecule has 0 unspecified atom stereocenters. The lowest BCUT2D eigenvalue weighted by Crippen LogP contribution is -2.19. The molecule has 0 N–H and O–H groups in total. The summed E-state index contributed by atoms with van der Waals surface area (Å²) in [6.07, 6.45) is 2.85. The van der Waals surface area contributed by atoms with E-state index in [1.165, 1.54) is 3.97 Å². The minimum Gasteiger partial charge on any atom is -0.494 e. The number of ether oxygens (including phenoxy) is 1. The summed E-state index contributed by atoms with van der Waals surface area (Å²) >= 11 is 3.40. The average Bonchev–Trinajstić information content (AvgIpc) is 3.33. The first-order chi connectivity index (χ1) is 14.0. The molecule has 1 aliphatic rings. The van der Waals surface area contributed by atoms with Crippen LogP contribution in [0.3, 0.4) is 0 Å². The molecular formula is C22H25BrN2O3S. The molecular weight excluding hydrogens is 452 g/mol. The van der Waals surface area contributed by atoms with Crippen molar-refractivity contribution in [2.75, 3.05) is 26.2 Å². The molecule has 2 heterocycles. The molecule has 1 atom stereocenters. The molecule has 2 aromatic carbocycles. The molecule has 154 valence electrons. The van der Waals surface area contributed by atoms with Crippen molar-refractivity contribution in [2.45, 2.75) is 31.1 Å². The fraction of sp³-hybridized carbons (Fsp3) is 0.364. The minimum atomic E-state index is -3.73. The van der Waals surface area contributed by atoms with Crippen molar-refractivity contribution in [3.63, 3.8) is 0 Å². The second-order valence-corrected chi connectivity index (χ2v) is 9.94. The number of fused-ring (bicyclic) bond motifs is 1. The van der Waals surface area contributed by atoms with Gasteiger partial charge in [0, 0.05) is 22.6 Å². The van der Waals surface area contributed by atoms with E-state index in [9.17, 15) is 8.42 Å². The van der Waals surface area contributed by atoms with Crippen molar-refractivity contribution < 1.29 is 13.2 Å². The minimum absolute atomic E-state index is 0.263. The van der Waals surface area contributed by atoms with Gasteiger partial charge in [0.05, 0.1) is 12.1 Å².